The topological polar surface area (TPSA) is 75.9 Å². The minimum Gasteiger partial charge on any atom is -0.480 e. The van der Waals surface area contributed by atoms with Gasteiger partial charge in [0.15, 0.2) is 11.7 Å². The zero-order chi connectivity index (χ0) is 18.7. The second kappa shape index (κ2) is 7.37. The molecule has 2 aromatic heterocycles. The van der Waals surface area contributed by atoms with E-state index < -0.39 is 23.3 Å². The van der Waals surface area contributed by atoms with Crippen LogP contribution < -0.4 is 4.74 Å². The van der Waals surface area contributed by atoms with Crippen LogP contribution in [0.3, 0.4) is 0 Å². The molecule has 0 bridgehead atoms. The molecule has 0 aliphatic heterocycles. The van der Waals surface area contributed by atoms with Crippen molar-refractivity contribution in [1.82, 2.24) is 9.97 Å². The van der Waals surface area contributed by atoms with Crippen LogP contribution in [-0.4, -0.2) is 22.9 Å². The predicted octanol–water partition coefficient (Wildman–Crippen LogP) is 3.98. The van der Waals surface area contributed by atoms with Crippen LogP contribution in [0.2, 0.25) is 0 Å². The number of hydrogen-bond acceptors (Lipinski definition) is 6. The molecule has 3 aromatic rings. The number of Topliss-reactive ketones (excluding diaryl/α,β-unsaturated/α-hetero) is 1. The normalized spacial score (nSPS) is 11.6. The number of nitriles is 1. The molecule has 0 saturated heterocycles. The molecule has 130 valence electrons. The van der Waals surface area contributed by atoms with Crippen molar-refractivity contribution >= 4 is 17.1 Å². The Morgan fingerprint density at radius 3 is 2.65 bits per heavy atom. The van der Waals surface area contributed by atoms with Crippen molar-refractivity contribution in [2.75, 3.05) is 7.11 Å². The number of hydrogen-bond donors (Lipinski definition) is 0. The molecule has 8 heteroatoms. The number of rotatable bonds is 5. The number of aromatic nitrogens is 2. The molecular formula is C18H11F2N3O2S. The molecule has 0 radical (unpaired) electrons. The first-order valence-electron chi connectivity index (χ1n) is 7.39. The van der Waals surface area contributed by atoms with Crippen LogP contribution in [0.15, 0.2) is 41.9 Å². The maximum absolute atomic E-state index is 13.9. The minimum atomic E-state index is -1.23. The predicted molar refractivity (Wildman–Crippen MR) is 90.9 cm³/mol. The molecule has 0 spiro atoms. The van der Waals surface area contributed by atoms with Crippen LogP contribution in [0.25, 0.3) is 11.3 Å². The van der Waals surface area contributed by atoms with Gasteiger partial charge in [-0.25, -0.2) is 18.7 Å². The standard InChI is InChI=1S/C18H11F2N3O2S/c1-25-17-10(4-3-7-22-17)16(24)11(8-21)18-23-14(9-26-18)15-12(19)5-2-6-13(15)20/h2-7,9,11H,1H3. The van der Waals surface area contributed by atoms with E-state index in [1.807, 2.05) is 6.07 Å². The lowest BCUT2D eigenvalue weighted by Gasteiger charge is -2.08. The number of carbonyl (C=O) groups excluding carboxylic acids is 1. The zero-order valence-corrected chi connectivity index (χ0v) is 14.3. The third-order valence-electron chi connectivity index (χ3n) is 3.61. The summed E-state index contributed by atoms with van der Waals surface area (Å²) >= 11 is 0.982. The van der Waals surface area contributed by atoms with E-state index in [9.17, 15) is 18.8 Å². The lowest BCUT2D eigenvalue weighted by atomic mass is 10.0. The number of ether oxygens (including phenoxy) is 1. The van der Waals surface area contributed by atoms with Crippen LogP contribution in [0.4, 0.5) is 8.78 Å². The average Bonchev–Trinajstić information content (AvgIpc) is 3.11. The number of pyridine rings is 1. The maximum Gasteiger partial charge on any atom is 0.224 e. The molecule has 0 aliphatic rings. The van der Waals surface area contributed by atoms with Crippen LogP contribution in [0.5, 0.6) is 5.88 Å². The molecule has 1 unspecified atom stereocenters. The van der Waals surface area contributed by atoms with Gasteiger partial charge in [0.1, 0.15) is 16.6 Å². The molecule has 2 heterocycles. The van der Waals surface area contributed by atoms with Gasteiger partial charge in [0.2, 0.25) is 5.88 Å². The number of carbonyl (C=O) groups is 1. The fraction of sp³-hybridized carbons (Fsp3) is 0.111. The highest BCUT2D eigenvalue weighted by molar-refractivity contribution is 7.10. The van der Waals surface area contributed by atoms with Gasteiger partial charge in [0.25, 0.3) is 0 Å². The maximum atomic E-state index is 13.9. The summed E-state index contributed by atoms with van der Waals surface area (Å²) in [6, 6.07) is 8.41. The fourth-order valence-corrected chi connectivity index (χ4v) is 3.25. The Hall–Kier alpha value is -3.18. The number of halogens is 2. The number of ketones is 1. The van der Waals surface area contributed by atoms with Crippen molar-refractivity contribution in [3.05, 3.63) is 64.1 Å². The number of nitrogens with zero attached hydrogens (tertiary/aromatic N) is 3. The third-order valence-corrected chi connectivity index (χ3v) is 4.52. The van der Waals surface area contributed by atoms with Crippen molar-refractivity contribution in [2.24, 2.45) is 0 Å². The summed E-state index contributed by atoms with van der Waals surface area (Å²) in [6.07, 6.45) is 1.46. The Morgan fingerprint density at radius 2 is 2.00 bits per heavy atom. The van der Waals surface area contributed by atoms with Crippen LogP contribution in [0, 0.1) is 23.0 Å². The molecule has 0 N–H and O–H groups in total. The summed E-state index contributed by atoms with van der Waals surface area (Å²) in [5.74, 6) is -3.23. The smallest absolute Gasteiger partial charge is 0.224 e. The van der Waals surface area contributed by atoms with Gasteiger partial charge in [0.05, 0.1) is 30.0 Å². The van der Waals surface area contributed by atoms with Gasteiger partial charge in [-0.1, -0.05) is 6.07 Å². The van der Waals surface area contributed by atoms with Crippen molar-refractivity contribution in [3.8, 4) is 23.2 Å². The summed E-state index contributed by atoms with van der Waals surface area (Å²) in [5.41, 5.74) is -0.125. The molecule has 0 aliphatic carbocycles. The first kappa shape index (κ1) is 17.6. The van der Waals surface area contributed by atoms with Crippen LogP contribution in [0.1, 0.15) is 21.3 Å². The SMILES string of the molecule is COc1ncccc1C(=O)C(C#N)c1nc(-c2c(F)cccc2F)cs1. The number of thiazole rings is 1. The lowest BCUT2D eigenvalue weighted by Crippen LogP contribution is -2.13. The van der Waals surface area contributed by atoms with Crippen molar-refractivity contribution < 1.29 is 18.3 Å². The molecule has 5 nitrogen and oxygen atoms in total. The number of benzene rings is 1. The van der Waals surface area contributed by atoms with Gasteiger partial charge in [0, 0.05) is 11.6 Å². The summed E-state index contributed by atoms with van der Waals surface area (Å²) in [6.45, 7) is 0. The Balaban J connectivity index is 1.99. The fourth-order valence-electron chi connectivity index (χ4n) is 2.40. The minimum absolute atomic E-state index is 0.0341. The van der Waals surface area contributed by atoms with Crippen molar-refractivity contribution in [2.45, 2.75) is 5.92 Å². The van der Waals surface area contributed by atoms with Crippen LogP contribution in [-0.2, 0) is 0 Å². The highest BCUT2D eigenvalue weighted by Crippen LogP contribution is 2.32. The van der Waals surface area contributed by atoms with E-state index in [0.717, 1.165) is 23.5 Å². The lowest BCUT2D eigenvalue weighted by molar-refractivity contribution is 0.0975. The molecule has 1 atom stereocenters. The molecule has 0 fully saturated rings. The second-order valence-electron chi connectivity index (χ2n) is 5.15. The first-order valence-corrected chi connectivity index (χ1v) is 8.27. The molecule has 0 saturated carbocycles. The molecule has 26 heavy (non-hydrogen) atoms. The summed E-state index contributed by atoms with van der Waals surface area (Å²) < 4.78 is 32.9. The van der Waals surface area contributed by atoms with Crippen LogP contribution >= 0.6 is 11.3 Å². The summed E-state index contributed by atoms with van der Waals surface area (Å²) in [4.78, 5) is 20.8. The van der Waals surface area contributed by atoms with Gasteiger partial charge in [-0.05, 0) is 24.3 Å². The summed E-state index contributed by atoms with van der Waals surface area (Å²) in [5, 5.41) is 11.0. The Labute approximate surface area is 151 Å². The Bertz CT molecular complexity index is 993. The second-order valence-corrected chi connectivity index (χ2v) is 6.04. The van der Waals surface area contributed by atoms with Crippen molar-refractivity contribution in [1.29, 1.82) is 5.26 Å². The highest BCUT2D eigenvalue weighted by Gasteiger charge is 2.28. The van der Waals surface area contributed by atoms with E-state index in [1.165, 1.54) is 30.8 Å². The largest absolute Gasteiger partial charge is 0.480 e. The quantitative estimate of drug-likeness (QED) is 0.634. The van der Waals surface area contributed by atoms with E-state index in [4.69, 9.17) is 4.74 Å². The van der Waals surface area contributed by atoms with E-state index in [0.29, 0.717) is 0 Å². The van der Waals surface area contributed by atoms with Gasteiger partial charge < -0.3 is 4.74 Å². The van der Waals surface area contributed by atoms with Gasteiger partial charge in [-0.3, -0.25) is 4.79 Å². The van der Waals surface area contributed by atoms with Gasteiger partial charge in [-0.15, -0.1) is 11.3 Å². The van der Waals surface area contributed by atoms with E-state index >= 15 is 0 Å². The number of methoxy groups -OCH3 is 1. The molecule has 3 rings (SSSR count). The molecular weight excluding hydrogens is 360 g/mol. The molecule has 1 aromatic carbocycles. The van der Waals surface area contributed by atoms with Crippen molar-refractivity contribution in [3.63, 3.8) is 0 Å². The average molecular weight is 371 g/mol. The molecule has 0 amide bonds. The first-order chi connectivity index (χ1) is 12.6. The van der Waals surface area contributed by atoms with Gasteiger partial charge in [-0.2, -0.15) is 5.26 Å². The van der Waals surface area contributed by atoms with E-state index in [2.05, 4.69) is 9.97 Å². The summed E-state index contributed by atoms with van der Waals surface area (Å²) in [7, 11) is 1.36. The van der Waals surface area contributed by atoms with E-state index in [-0.39, 0.29) is 27.7 Å². The highest BCUT2D eigenvalue weighted by atomic mass is 32.1. The monoisotopic (exact) mass is 371 g/mol. The van der Waals surface area contributed by atoms with Gasteiger partial charge >= 0.3 is 0 Å². The van der Waals surface area contributed by atoms with E-state index in [1.54, 1.807) is 6.07 Å². The Morgan fingerprint density at radius 1 is 1.27 bits per heavy atom. The zero-order valence-electron chi connectivity index (χ0n) is 13.4. The Kier molecular flexibility index (Phi) is 5.00. The third kappa shape index (κ3) is 3.17.